The number of benzene rings is 2. The van der Waals surface area contributed by atoms with Crippen LogP contribution in [0.15, 0.2) is 54.6 Å². The standard InChI is InChI=1S/C21H20N2O3/c1-24-21-14-16(23-20-7-3-2-6-19(20)21)15-26-18-10-8-17(9-11-18)25-13-5-4-12-22/h2-3,6-11,14H,4-5,13,15H2,1H3. The number of nitrogens with zero attached hydrogens (tertiary/aromatic N) is 2. The lowest BCUT2D eigenvalue weighted by Crippen LogP contribution is -2.00. The monoisotopic (exact) mass is 348 g/mol. The molecule has 0 saturated heterocycles. The fraction of sp³-hybridized carbons (Fsp3) is 0.238. The van der Waals surface area contributed by atoms with E-state index in [0.29, 0.717) is 19.6 Å². The smallest absolute Gasteiger partial charge is 0.130 e. The zero-order valence-corrected chi connectivity index (χ0v) is 14.6. The Morgan fingerprint density at radius 2 is 1.73 bits per heavy atom. The number of fused-ring (bicyclic) bond motifs is 1. The third-order valence-corrected chi connectivity index (χ3v) is 3.86. The molecular weight excluding hydrogens is 328 g/mol. The van der Waals surface area contributed by atoms with Gasteiger partial charge in [0, 0.05) is 17.9 Å². The predicted octanol–water partition coefficient (Wildman–Crippen LogP) is 4.50. The van der Waals surface area contributed by atoms with Gasteiger partial charge in [0.05, 0.1) is 31.0 Å². The summed E-state index contributed by atoms with van der Waals surface area (Å²) in [6.45, 7) is 0.887. The molecule has 3 rings (SSSR count). The van der Waals surface area contributed by atoms with Crippen molar-refractivity contribution in [3.05, 3.63) is 60.3 Å². The second kappa shape index (κ2) is 8.72. The number of aromatic nitrogens is 1. The molecule has 0 atom stereocenters. The van der Waals surface area contributed by atoms with Gasteiger partial charge in [-0.15, -0.1) is 0 Å². The van der Waals surface area contributed by atoms with Gasteiger partial charge in [-0.1, -0.05) is 12.1 Å². The first-order chi connectivity index (χ1) is 12.8. The van der Waals surface area contributed by atoms with Crippen molar-refractivity contribution in [2.75, 3.05) is 13.7 Å². The average molecular weight is 348 g/mol. The SMILES string of the molecule is COc1cc(COc2ccc(OCCCC#N)cc2)nc2ccccc12. The molecule has 0 saturated carbocycles. The molecule has 0 fully saturated rings. The predicted molar refractivity (Wildman–Crippen MR) is 99.4 cm³/mol. The van der Waals surface area contributed by atoms with Crippen molar-refractivity contribution in [3.8, 4) is 23.3 Å². The number of hydrogen-bond donors (Lipinski definition) is 0. The van der Waals surface area contributed by atoms with Gasteiger partial charge in [0.1, 0.15) is 23.9 Å². The summed E-state index contributed by atoms with van der Waals surface area (Å²) in [6.07, 6.45) is 1.23. The summed E-state index contributed by atoms with van der Waals surface area (Å²) in [6, 6.07) is 19.3. The molecule has 3 aromatic rings. The quantitative estimate of drug-likeness (QED) is 0.561. The van der Waals surface area contributed by atoms with Crippen LogP contribution in [-0.4, -0.2) is 18.7 Å². The third kappa shape index (κ3) is 4.42. The minimum absolute atomic E-state index is 0.351. The van der Waals surface area contributed by atoms with E-state index in [0.717, 1.165) is 40.3 Å². The Bertz CT molecular complexity index is 901. The van der Waals surface area contributed by atoms with Gasteiger partial charge in [0.25, 0.3) is 0 Å². The average Bonchev–Trinajstić information content (AvgIpc) is 2.70. The van der Waals surface area contributed by atoms with Crippen LogP contribution >= 0.6 is 0 Å². The van der Waals surface area contributed by atoms with Crippen molar-refractivity contribution in [2.24, 2.45) is 0 Å². The van der Waals surface area contributed by atoms with Gasteiger partial charge >= 0.3 is 0 Å². The first-order valence-corrected chi connectivity index (χ1v) is 8.45. The fourth-order valence-corrected chi connectivity index (χ4v) is 2.57. The highest BCUT2D eigenvalue weighted by Gasteiger charge is 2.06. The van der Waals surface area contributed by atoms with Gasteiger partial charge < -0.3 is 14.2 Å². The van der Waals surface area contributed by atoms with Crippen molar-refractivity contribution >= 4 is 10.9 Å². The van der Waals surface area contributed by atoms with Crippen LogP contribution in [0.4, 0.5) is 0 Å². The second-order valence-electron chi connectivity index (χ2n) is 5.70. The van der Waals surface area contributed by atoms with Crippen LogP contribution in [-0.2, 0) is 6.61 Å². The summed E-state index contributed by atoms with van der Waals surface area (Å²) in [5.41, 5.74) is 1.68. The highest BCUT2D eigenvalue weighted by molar-refractivity contribution is 5.85. The van der Waals surface area contributed by atoms with Gasteiger partial charge in [0.2, 0.25) is 0 Å². The molecule has 0 aliphatic heterocycles. The number of methoxy groups -OCH3 is 1. The van der Waals surface area contributed by atoms with Crippen molar-refractivity contribution in [1.82, 2.24) is 4.98 Å². The Balaban J connectivity index is 1.62. The van der Waals surface area contributed by atoms with E-state index in [2.05, 4.69) is 11.1 Å². The Morgan fingerprint density at radius 3 is 2.46 bits per heavy atom. The van der Waals surface area contributed by atoms with Crippen molar-refractivity contribution in [3.63, 3.8) is 0 Å². The molecule has 0 unspecified atom stereocenters. The second-order valence-corrected chi connectivity index (χ2v) is 5.70. The molecule has 0 bridgehead atoms. The van der Waals surface area contributed by atoms with Crippen LogP contribution in [0.3, 0.4) is 0 Å². The van der Waals surface area contributed by atoms with Crippen molar-refractivity contribution in [2.45, 2.75) is 19.4 Å². The first kappa shape index (κ1) is 17.6. The maximum absolute atomic E-state index is 8.51. The van der Waals surface area contributed by atoms with Crippen molar-refractivity contribution < 1.29 is 14.2 Å². The number of unbranched alkanes of at least 4 members (excludes halogenated alkanes) is 1. The normalized spacial score (nSPS) is 10.3. The van der Waals surface area contributed by atoms with Crippen LogP contribution in [0, 0.1) is 11.3 Å². The van der Waals surface area contributed by atoms with Crippen LogP contribution in [0.2, 0.25) is 0 Å². The number of hydrogen-bond acceptors (Lipinski definition) is 5. The van der Waals surface area contributed by atoms with E-state index in [-0.39, 0.29) is 0 Å². The molecular formula is C21H20N2O3. The Hall–Kier alpha value is -3.26. The van der Waals surface area contributed by atoms with E-state index in [9.17, 15) is 0 Å². The molecule has 0 aliphatic carbocycles. The van der Waals surface area contributed by atoms with Crippen LogP contribution < -0.4 is 14.2 Å². The summed E-state index contributed by atoms with van der Waals surface area (Å²) in [5, 5.41) is 9.49. The summed E-state index contributed by atoms with van der Waals surface area (Å²) in [5.74, 6) is 2.29. The Morgan fingerprint density at radius 1 is 1.00 bits per heavy atom. The Labute approximate surface area is 152 Å². The number of ether oxygens (including phenoxy) is 3. The summed E-state index contributed by atoms with van der Waals surface area (Å²) >= 11 is 0. The molecule has 26 heavy (non-hydrogen) atoms. The van der Waals surface area contributed by atoms with E-state index >= 15 is 0 Å². The highest BCUT2D eigenvalue weighted by Crippen LogP contribution is 2.26. The lowest BCUT2D eigenvalue weighted by Gasteiger charge is -2.10. The topological polar surface area (TPSA) is 64.4 Å². The number of pyridine rings is 1. The number of nitriles is 1. The summed E-state index contributed by atoms with van der Waals surface area (Å²) in [7, 11) is 1.65. The van der Waals surface area contributed by atoms with E-state index in [1.807, 2.05) is 54.6 Å². The largest absolute Gasteiger partial charge is 0.496 e. The first-order valence-electron chi connectivity index (χ1n) is 8.45. The lowest BCUT2D eigenvalue weighted by atomic mass is 10.2. The molecule has 1 aromatic heterocycles. The summed E-state index contributed by atoms with van der Waals surface area (Å²) < 4.78 is 16.8. The van der Waals surface area contributed by atoms with Crippen LogP contribution in [0.25, 0.3) is 10.9 Å². The van der Waals surface area contributed by atoms with Gasteiger partial charge in [0.15, 0.2) is 0 Å². The van der Waals surface area contributed by atoms with E-state index in [4.69, 9.17) is 19.5 Å². The van der Waals surface area contributed by atoms with Gasteiger partial charge in [-0.3, -0.25) is 0 Å². The van der Waals surface area contributed by atoms with E-state index in [1.54, 1.807) is 7.11 Å². The van der Waals surface area contributed by atoms with Gasteiger partial charge in [-0.05, 0) is 42.8 Å². The minimum atomic E-state index is 0.351. The van der Waals surface area contributed by atoms with Crippen LogP contribution in [0.1, 0.15) is 18.5 Å². The lowest BCUT2D eigenvalue weighted by molar-refractivity contribution is 0.296. The fourth-order valence-electron chi connectivity index (χ4n) is 2.57. The van der Waals surface area contributed by atoms with E-state index in [1.165, 1.54) is 0 Å². The highest BCUT2D eigenvalue weighted by atomic mass is 16.5. The summed E-state index contributed by atoms with van der Waals surface area (Å²) in [4.78, 5) is 4.62. The van der Waals surface area contributed by atoms with Gasteiger partial charge in [-0.2, -0.15) is 5.26 Å². The van der Waals surface area contributed by atoms with E-state index < -0.39 is 0 Å². The maximum Gasteiger partial charge on any atom is 0.130 e. The maximum atomic E-state index is 8.51. The minimum Gasteiger partial charge on any atom is -0.496 e. The zero-order valence-electron chi connectivity index (χ0n) is 14.6. The molecule has 2 aromatic carbocycles. The molecule has 0 radical (unpaired) electrons. The third-order valence-electron chi connectivity index (χ3n) is 3.86. The molecule has 0 spiro atoms. The molecule has 1 heterocycles. The van der Waals surface area contributed by atoms with Crippen LogP contribution in [0.5, 0.6) is 17.2 Å². The molecule has 5 heteroatoms. The molecule has 5 nitrogen and oxygen atoms in total. The molecule has 0 amide bonds. The molecule has 132 valence electrons. The zero-order chi connectivity index (χ0) is 18.2. The van der Waals surface area contributed by atoms with Gasteiger partial charge in [-0.25, -0.2) is 4.98 Å². The Kier molecular flexibility index (Phi) is 5.89. The number of para-hydroxylation sites is 1. The number of rotatable bonds is 8. The molecule has 0 aliphatic rings. The molecule has 0 N–H and O–H groups in total. The van der Waals surface area contributed by atoms with Crippen molar-refractivity contribution in [1.29, 1.82) is 5.26 Å².